The Morgan fingerprint density at radius 1 is 0.882 bits per heavy atom. The molecule has 0 aromatic heterocycles. The highest BCUT2D eigenvalue weighted by Gasteiger charge is 2.13. The summed E-state index contributed by atoms with van der Waals surface area (Å²) in [5, 5.41) is 0. The minimum atomic E-state index is -0.0657. The van der Waals surface area contributed by atoms with Gasteiger partial charge in [0.25, 0.3) is 0 Å². The van der Waals surface area contributed by atoms with Gasteiger partial charge in [0, 0.05) is 6.42 Å². The number of hydrogen-bond donors (Lipinski definition) is 0. The third-order valence-corrected chi connectivity index (χ3v) is 3.29. The molecule has 0 aromatic rings. The zero-order chi connectivity index (χ0) is 13.3. The van der Waals surface area contributed by atoms with E-state index in [9.17, 15) is 4.79 Å². The van der Waals surface area contributed by atoms with Crippen molar-refractivity contribution in [3.63, 3.8) is 0 Å². The Morgan fingerprint density at radius 3 is 1.71 bits per heavy atom. The van der Waals surface area contributed by atoms with Gasteiger partial charge in [0.1, 0.15) is 0 Å². The lowest BCUT2D eigenvalue weighted by molar-refractivity contribution is -0.141. The summed E-state index contributed by atoms with van der Waals surface area (Å²) in [5.74, 6) is 2.15. The molecule has 0 aliphatic heterocycles. The Labute approximate surface area is 107 Å². The first-order valence-corrected chi connectivity index (χ1v) is 7.02. The largest absolute Gasteiger partial charge is 0.469 e. The van der Waals surface area contributed by atoms with Gasteiger partial charge < -0.3 is 4.74 Å². The van der Waals surface area contributed by atoms with Crippen molar-refractivity contribution in [2.24, 2.45) is 17.8 Å². The van der Waals surface area contributed by atoms with Crippen LogP contribution in [0.5, 0.6) is 0 Å². The van der Waals surface area contributed by atoms with Crippen LogP contribution in [0, 0.1) is 17.8 Å². The van der Waals surface area contributed by atoms with Crippen LogP contribution >= 0.6 is 0 Å². The maximum absolute atomic E-state index is 11.2. The van der Waals surface area contributed by atoms with Crippen molar-refractivity contribution in [3.05, 3.63) is 0 Å². The van der Waals surface area contributed by atoms with E-state index in [1.165, 1.54) is 32.8 Å². The molecule has 102 valence electrons. The molecule has 0 unspecified atom stereocenters. The molecule has 0 spiro atoms. The van der Waals surface area contributed by atoms with E-state index in [2.05, 4.69) is 27.7 Å². The molecule has 0 aliphatic rings. The summed E-state index contributed by atoms with van der Waals surface area (Å²) in [5.41, 5.74) is 0. The lowest BCUT2D eigenvalue weighted by Crippen LogP contribution is -2.08. The molecule has 0 bridgehead atoms. The van der Waals surface area contributed by atoms with Crippen LogP contribution in [-0.2, 0) is 9.53 Å². The summed E-state index contributed by atoms with van der Waals surface area (Å²) >= 11 is 0. The second-order valence-electron chi connectivity index (χ2n) is 5.92. The van der Waals surface area contributed by atoms with Gasteiger partial charge in [-0.3, -0.25) is 4.79 Å². The first-order chi connectivity index (χ1) is 7.95. The molecule has 0 fully saturated rings. The molecule has 0 saturated carbocycles. The number of ether oxygens (including phenoxy) is 1. The summed E-state index contributed by atoms with van der Waals surface area (Å²) in [7, 11) is 1.47. The highest BCUT2D eigenvalue weighted by atomic mass is 16.5. The number of hydrogen-bond acceptors (Lipinski definition) is 2. The van der Waals surface area contributed by atoms with Gasteiger partial charge in [0.05, 0.1) is 7.11 Å². The number of esters is 1. The lowest BCUT2D eigenvalue weighted by atomic mass is 9.88. The molecule has 0 N–H and O–H groups in total. The van der Waals surface area contributed by atoms with Crippen LogP contribution in [0.25, 0.3) is 0 Å². The van der Waals surface area contributed by atoms with Gasteiger partial charge in [-0.05, 0) is 24.2 Å². The van der Waals surface area contributed by atoms with Gasteiger partial charge in [-0.25, -0.2) is 0 Å². The van der Waals surface area contributed by atoms with Crippen LogP contribution < -0.4 is 0 Å². The second kappa shape index (κ2) is 9.49. The van der Waals surface area contributed by atoms with E-state index in [0.29, 0.717) is 12.3 Å². The molecule has 2 heteroatoms. The van der Waals surface area contributed by atoms with Crippen molar-refractivity contribution in [1.29, 1.82) is 0 Å². The third kappa shape index (κ3) is 10.3. The fourth-order valence-electron chi connectivity index (χ4n) is 2.00. The van der Waals surface area contributed by atoms with Crippen molar-refractivity contribution in [2.75, 3.05) is 7.11 Å². The van der Waals surface area contributed by atoms with E-state index in [-0.39, 0.29) is 5.97 Å². The van der Waals surface area contributed by atoms with Gasteiger partial charge in [-0.15, -0.1) is 0 Å². The predicted molar refractivity (Wildman–Crippen MR) is 72.9 cm³/mol. The van der Waals surface area contributed by atoms with E-state index < -0.39 is 0 Å². The van der Waals surface area contributed by atoms with Crippen LogP contribution in [0.3, 0.4) is 0 Å². The van der Waals surface area contributed by atoms with E-state index in [0.717, 1.165) is 18.3 Å². The molecule has 0 aromatic carbocycles. The fraction of sp³-hybridized carbons (Fsp3) is 0.933. The average molecular weight is 242 g/mol. The van der Waals surface area contributed by atoms with Crippen LogP contribution in [0.2, 0.25) is 0 Å². The first kappa shape index (κ1) is 16.5. The molecule has 0 rings (SSSR count). The highest BCUT2D eigenvalue weighted by Crippen LogP contribution is 2.24. The van der Waals surface area contributed by atoms with E-state index in [1.54, 1.807) is 0 Å². The molecule has 0 radical (unpaired) electrons. The van der Waals surface area contributed by atoms with Crippen molar-refractivity contribution < 1.29 is 9.53 Å². The first-order valence-electron chi connectivity index (χ1n) is 7.02. The molecular weight excluding hydrogens is 212 g/mol. The van der Waals surface area contributed by atoms with Crippen molar-refractivity contribution in [3.8, 4) is 0 Å². The summed E-state index contributed by atoms with van der Waals surface area (Å²) in [4.78, 5) is 11.2. The predicted octanol–water partition coefficient (Wildman–Crippen LogP) is 4.43. The van der Waals surface area contributed by atoms with E-state index >= 15 is 0 Å². The lowest BCUT2D eigenvalue weighted by Gasteiger charge is -2.18. The molecule has 0 saturated heterocycles. The topological polar surface area (TPSA) is 26.3 Å². The average Bonchev–Trinajstić information content (AvgIpc) is 2.26. The van der Waals surface area contributed by atoms with E-state index in [1.807, 2.05) is 0 Å². The highest BCUT2D eigenvalue weighted by molar-refractivity contribution is 5.69. The molecular formula is C15H30O2. The standard InChI is InChI=1S/C15H30O2/c1-12(2)6-8-14(9-7-13(3)4)10-11-15(16)17-5/h12-14H,6-11H2,1-5H3. The number of carbonyl (C=O) groups excluding carboxylic acids is 1. The molecule has 17 heavy (non-hydrogen) atoms. The minimum Gasteiger partial charge on any atom is -0.469 e. The van der Waals surface area contributed by atoms with Crippen molar-refractivity contribution in [1.82, 2.24) is 0 Å². The molecule has 0 aliphatic carbocycles. The zero-order valence-electron chi connectivity index (χ0n) is 12.3. The Morgan fingerprint density at radius 2 is 1.35 bits per heavy atom. The van der Waals surface area contributed by atoms with Gasteiger partial charge in [-0.2, -0.15) is 0 Å². The molecule has 0 amide bonds. The van der Waals surface area contributed by atoms with Crippen LogP contribution in [0.1, 0.15) is 66.2 Å². The molecule has 0 heterocycles. The number of methoxy groups -OCH3 is 1. The van der Waals surface area contributed by atoms with Gasteiger partial charge >= 0.3 is 5.97 Å². The quantitative estimate of drug-likeness (QED) is 0.559. The smallest absolute Gasteiger partial charge is 0.305 e. The normalized spacial score (nSPS) is 11.5. The zero-order valence-corrected chi connectivity index (χ0v) is 12.3. The Bertz CT molecular complexity index is 185. The summed E-state index contributed by atoms with van der Waals surface area (Å²) < 4.78 is 4.71. The minimum absolute atomic E-state index is 0.0657. The summed E-state index contributed by atoms with van der Waals surface area (Å²) in [6.45, 7) is 9.05. The number of rotatable bonds is 9. The number of carbonyl (C=O) groups is 1. The van der Waals surface area contributed by atoms with Gasteiger partial charge in [0.2, 0.25) is 0 Å². The maximum atomic E-state index is 11.2. The Kier molecular flexibility index (Phi) is 9.20. The van der Waals surface area contributed by atoms with Crippen molar-refractivity contribution >= 4 is 5.97 Å². The SMILES string of the molecule is COC(=O)CCC(CCC(C)C)CCC(C)C. The molecule has 0 atom stereocenters. The Hall–Kier alpha value is -0.530. The van der Waals surface area contributed by atoms with Crippen molar-refractivity contribution in [2.45, 2.75) is 66.2 Å². The summed E-state index contributed by atoms with van der Waals surface area (Å²) in [6.07, 6.45) is 6.61. The van der Waals surface area contributed by atoms with Gasteiger partial charge in [-0.1, -0.05) is 53.4 Å². The fourth-order valence-corrected chi connectivity index (χ4v) is 2.00. The van der Waals surface area contributed by atoms with Crippen LogP contribution in [0.4, 0.5) is 0 Å². The monoisotopic (exact) mass is 242 g/mol. The summed E-state index contributed by atoms with van der Waals surface area (Å²) in [6, 6.07) is 0. The maximum Gasteiger partial charge on any atom is 0.305 e. The second-order valence-corrected chi connectivity index (χ2v) is 5.92. The third-order valence-electron chi connectivity index (χ3n) is 3.29. The van der Waals surface area contributed by atoms with Crippen LogP contribution in [0.15, 0.2) is 0 Å². The molecule has 2 nitrogen and oxygen atoms in total. The van der Waals surface area contributed by atoms with Gasteiger partial charge in [0.15, 0.2) is 0 Å². The Balaban J connectivity index is 3.96. The van der Waals surface area contributed by atoms with Crippen LogP contribution in [-0.4, -0.2) is 13.1 Å². The van der Waals surface area contributed by atoms with E-state index in [4.69, 9.17) is 4.74 Å².